The van der Waals surface area contributed by atoms with Crippen LogP contribution in [0.25, 0.3) is 0 Å². The second kappa shape index (κ2) is 7.65. The Morgan fingerprint density at radius 1 is 1.15 bits per heavy atom. The maximum absolute atomic E-state index is 12.0. The molecule has 0 saturated heterocycles. The molecule has 1 rings (SSSR count). The lowest BCUT2D eigenvalue weighted by atomic mass is 9.82. The monoisotopic (exact) mass is 283 g/mol. The number of carboxylic acid groups (broad SMARTS) is 1. The lowest BCUT2D eigenvalue weighted by molar-refractivity contribution is -0.151. The standard InChI is InChI=1S/C16H29NO3/c1-12(2)7-6-8-13(3)17-14(18)11-16(15(19)20)9-4-5-10-16/h12-13H,4-11H2,1-3H3,(H,17,18)(H,19,20). The van der Waals surface area contributed by atoms with Crippen LogP contribution in [0.1, 0.15) is 72.1 Å². The summed E-state index contributed by atoms with van der Waals surface area (Å²) in [5.74, 6) is -0.226. The minimum absolute atomic E-state index is 0.105. The fourth-order valence-electron chi connectivity index (χ4n) is 3.06. The number of nitrogens with one attached hydrogen (secondary N) is 1. The molecule has 0 spiro atoms. The molecule has 0 aromatic rings. The van der Waals surface area contributed by atoms with E-state index in [2.05, 4.69) is 19.2 Å². The highest BCUT2D eigenvalue weighted by atomic mass is 16.4. The molecule has 4 heteroatoms. The highest BCUT2D eigenvalue weighted by Crippen LogP contribution is 2.41. The van der Waals surface area contributed by atoms with Crippen molar-refractivity contribution in [1.29, 1.82) is 0 Å². The normalized spacial score (nSPS) is 19.0. The van der Waals surface area contributed by atoms with Crippen molar-refractivity contribution in [2.24, 2.45) is 11.3 Å². The summed E-state index contributed by atoms with van der Waals surface area (Å²) >= 11 is 0. The molecule has 1 amide bonds. The van der Waals surface area contributed by atoms with E-state index in [1.165, 1.54) is 6.42 Å². The first-order valence-electron chi connectivity index (χ1n) is 7.88. The molecule has 0 aromatic heterocycles. The van der Waals surface area contributed by atoms with E-state index >= 15 is 0 Å². The number of hydrogen-bond acceptors (Lipinski definition) is 2. The molecule has 2 N–H and O–H groups in total. The number of amides is 1. The van der Waals surface area contributed by atoms with Crippen molar-refractivity contribution in [3.63, 3.8) is 0 Å². The number of carboxylic acids is 1. The van der Waals surface area contributed by atoms with Gasteiger partial charge in [-0.1, -0.05) is 39.5 Å². The zero-order valence-electron chi connectivity index (χ0n) is 13.1. The first-order chi connectivity index (χ1) is 9.35. The molecule has 1 fully saturated rings. The third-order valence-corrected chi connectivity index (χ3v) is 4.34. The van der Waals surface area contributed by atoms with Gasteiger partial charge < -0.3 is 10.4 Å². The molecular weight excluding hydrogens is 254 g/mol. The lowest BCUT2D eigenvalue weighted by Crippen LogP contribution is -2.39. The molecule has 20 heavy (non-hydrogen) atoms. The van der Waals surface area contributed by atoms with Crippen LogP contribution in [0.2, 0.25) is 0 Å². The number of rotatable bonds is 8. The molecule has 0 bridgehead atoms. The Morgan fingerprint density at radius 3 is 2.25 bits per heavy atom. The van der Waals surface area contributed by atoms with Crippen molar-refractivity contribution in [2.75, 3.05) is 0 Å². The maximum Gasteiger partial charge on any atom is 0.310 e. The minimum atomic E-state index is -0.808. The molecule has 116 valence electrons. The van der Waals surface area contributed by atoms with Gasteiger partial charge in [-0.2, -0.15) is 0 Å². The van der Waals surface area contributed by atoms with Gasteiger partial charge in [-0.15, -0.1) is 0 Å². The average Bonchev–Trinajstić information content (AvgIpc) is 2.77. The third-order valence-electron chi connectivity index (χ3n) is 4.34. The summed E-state index contributed by atoms with van der Waals surface area (Å²) in [7, 11) is 0. The Morgan fingerprint density at radius 2 is 1.75 bits per heavy atom. The summed E-state index contributed by atoms with van der Waals surface area (Å²) in [4.78, 5) is 23.5. The van der Waals surface area contributed by atoms with Gasteiger partial charge in [-0.3, -0.25) is 9.59 Å². The number of carbonyl (C=O) groups is 2. The number of carbonyl (C=O) groups excluding carboxylic acids is 1. The largest absolute Gasteiger partial charge is 0.481 e. The van der Waals surface area contributed by atoms with Crippen LogP contribution in [-0.2, 0) is 9.59 Å². The fraction of sp³-hybridized carbons (Fsp3) is 0.875. The number of aliphatic carboxylic acids is 1. The van der Waals surface area contributed by atoms with Crippen LogP contribution in [-0.4, -0.2) is 23.0 Å². The van der Waals surface area contributed by atoms with Crippen LogP contribution in [0.15, 0.2) is 0 Å². The van der Waals surface area contributed by atoms with Gasteiger partial charge >= 0.3 is 5.97 Å². The highest BCUT2D eigenvalue weighted by molar-refractivity contribution is 5.85. The average molecular weight is 283 g/mol. The fourth-order valence-corrected chi connectivity index (χ4v) is 3.06. The van der Waals surface area contributed by atoms with Gasteiger partial charge in [0, 0.05) is 12.5 Å². The summed E-state index contributed by atoms with van der Waals surface area (Å²) in [5, 5.41) is 12.3. The van der Waals surface area contributed by atoms with Crippen molar-refractivity contribution in [3.05, 3.63) is 0 Å². The Bertz CT molecular complexity index is 333. The van der Waals surface area contributed by atoms with Crippen LogP contribution in [0, 0.1) is 11.3 Å². The summed E-state index contributed by atoms with van der Waals surface area (Å²) in [5.41, 5.74) is -0.804. The molecule has 0 radical (unpaired) electrons. The van der Waals surface area contributed by atoms with E-state index in [0.717, 1.165) is 25.7 Å². The van der Waals surface area contributed by atoms with Gasteiger partial charge in [0.15, 0.2) is 0 Å². The van der Waals surface area contributed by atoms with E-state index in [1.54, 1.807) is 0 Å². The molecule has 1 saturated carbocycles. The van der Waals surface area contributed by atoms with Crippen molar-refractivity contribution in [3.8, 4) is 0 Å². The first-order valence-corrected chi connectivity index (χ1v) is 7.88. The molecule has 1 aliphatic rings. The SMILES string of the molecule is CC(C)CCCC(C)NC(=O)CC1(C(=O)O)CCCC1. The topological polar surface area (TPSA) is 66.4 Å². The molecule has 1 atom stereocenters. The van der Waals surface area contributed by atoms with Crippen molar-refractivity contribution in [2.45, 2.75) is 78.2 Å². The lowest BCUT2D eigenvalue weighted by Gasteiger charge is -2.24. The molecule has 0 aromatic carbocycles. The smallest absolute Gasteiger partial charge is 0.310 e. The van der Waals surface area contributed by atoms with Crippen LogP contribution in [0.3, 0.4) is 0 Å². The van der Waals surface area contributed by atoms with Crippen molar-refractivity contribution < 1.29 is 14.7 Å². The number of hydrogen-bond donors (Lipinski definition) is 2. The second-order valence-electron chi connectivity index (χ2n) is 6.76. The van der Waals surface area contributed by atoms with Gasteiger partial charge in [0.2, 0.25) is 5.91 Å². The zero-order valence-corrected chi connectivity index (χ0v) is 13.1. The van der Waals surface area contributed by atoms with Gasteiger partial charge in [0.1, 0.15) is 0 Å². The van der Waals surface area contributed by atoms with Crippen LogP contribution < -0.4 is 5.32 Å². The van der Waals surface area contributed by atoms with Gasteiger partial charge in [-0.25, -0.2) is 0 Å². The Kier molecular flexibility index (Phi) is 6.50. The van der Waals surface area contributed by atoms with E-state index in [-0.39, 0.29) is 18.4 Å². The van der Waals surface area contributed by atoms with E-state index in [0.29, 0.717) is 18.8 Å². The van der Waals surface area contributed by atoms with E-state index in [1.807, 2.05) is 6.92 Å². The first kappa shape index (κ1) is 17.0. The predicted octanol–water partition coefficient (Wildman–Crippen LogP) is 3.35. The molecular formula is C16H29NO3. The molecule has 0 aliphatic heterocycles. The van der Waals surface area contributed by atoms with Gasteiger partial charge in [-0.05, 0) is 32.1 Å². The van der Waals surface area contributed by atoms with E-state index in [9.17, 15) is 14.7 Å². The molecule has 1 unspecified atom stereocenters. The molecule has 4 nitrogen and oxygen atoms in total. The third kappa shape index (κ3) is 5.14. The maximum atomic E-state index is 12.0. The summed E-state index contributed by atoms with van der Waals surface area (Å²) in [6.45, 7) is 6.39. The predicted molar refractivity (Wildman–Crippen MR) is 79.4 cm³/mol. The Labute approximate surface area is 122 Å². The quantitative estimate of drug-likeness (QED) is 0.718. The van der Waals surface area contributed by atoms with Crippen LogP contribution in [0.5, 0.6) is 0 Å². The second-order valence-corrected chi connectivity index (χ2v) is 6.76. The highest BCUT2D eigenvalue weighted by Gasteiger charge is 2.43. The van der Waals surface area contributed by atoms with Crippen molar-refractivity contribution >= 4 is 11.9 Å². The van der Waals surface area contributed by atoms with Crippen LogP contribution >= 0.6 is 0 Å². The van der Waals surface area contributed by atoms with Crippen LogP contribution in [0.4, 0.5) is 0 Å². The molecule has 0 heterocycles. The summed E-state index contributed by atoms with van der Waals surface area (Å²) < 4.78 is 0. The van der Waals surface area contributed by atoms with Crippen molar-refractivity contribution in [1.82, 2.24) is 5.32 Å². The van der Waals surface area contributed by atoms with Gasteiger partial charge in [0.05, 0.1) is 5.41 Å². The summed E-state index contributed by atoms with van der Waals surface area (Å²) in [6, 6.07) is 0.133. The van der Waals surface area contributed by atoms with Gasteiger partial charge in [0.25, 0.3) is 0 Å². The molecule has 1 aliphatic carbocycles. The Hall–Kier alpha value is -1.06. The summed E-state index contributed by atoms with van der Waals surface area (Å²) in [6.07, 6.45) is 6.48. The Balaban J connectivity index is 2.36. The minimum Gasteiger partial charge on any atom is -0.481 e. The van der Waals surface area contributed by atoms with E-state index < -0.39 is 11.4 Å². The zero-order chi connectivity index (χ0) is 15.2. The van der Waals surface area contributed by atoms with E-state index in [4.69, 9.17) is 0 Å².